The fourth-order valence-electron chi connectivity index (χ4n) is 2.79. The Bertz CT molecular complexity index is 1180. The van der Waals surface area contributed by atoms with E-state index >= 15 is 0 Å². The molecule has 0 aliphatic heterocycles. The molecule has 2 aromatic heterocycles. The second-order valence-electron chi connectivity index (χ2n) is 6.55. The molecule has 4 aromatic rings. The van der Waals surface area contributed by atoms with E-state index in [-0.39, 0.29) is 24.9 Å². The van der Waals surface area contributed by atoms with Gasteiger partial charge in [0.1, 0.15) is 5.01 Å². The van der Waals surface area contributed by atoms with Gasteiger partial charge in [-0.05, 0) is 47.8 Å². The second-order valence-corrected chi connectivity index (χ2v) is 8.53. The molecule has 0 fully saturated rings. The Hall–Kier alpha value is -3.56. The Morgan fingerprint density at radius 1 is 0.839 bits per heavy atom. The summed E-state index contributed by atoms with van der Waals surface area (Å²) < 4.78 is 1.12. The van der Waals surface area contributed by atoms with Crippen LogP contribution in [0, 0.1) is 0 Å². The maximum atomic E-state index is 12.1. The molecule has 0 aliphatic carbocycles. The SMILES string of the molecule is O=C(CNC(=O)c1cccs1)NCC(=O)Nc1ccc(-c2nc3ccccc3s2)cc1. The number of thiazole rings is 1. The van der Waals surface area contributed by atoms with Crippen molar-refractivity contribution in [2.24, 2.45) is 0 Å². The minimum atomic E-state index is -0.439. The lowest BCUT2D eigenvalue weighted by Gasteiger charge is -2.08. The average Bonchev–Trinajstić information content (AvgIpc) is 3.46. The summed E-state index contributed by atoms with van der Waals surface area (Å²) in [6.07, 6.45) is 0. The van der Waals surface area contributed by atoms with Gasteiger partial charge in [-0.3, -0.25) is 14.4 Å². The van der Waals surface area contributed by atoms with Crippen LogP contribution >= 0.6 is 22.7 Å². The van der Waals surface area contributed by atoms with Gasteiger partial charge in [0.25, 0.3) is 5.91 Å². The second kappa shape index (κ2) is 9.50. The quantitative estimate of drug-likeness (QED) is 0.401. The van der Waals surface area contributed by atoms with Crippen molar-refractivity contribution in [3.63, 3.8) is 0 Å². The summed E-state index contributed by atoms with van der Waals surface area (Å²) in [6, 6.07) is 18.8. The highest BCUT2D eigenvalue weighted by atomic mass is 32.1. The zero-order chi connectivity index (χ0) is 21.6. The lowest BCUT2D eigenvalue weighted by molar-refractivity contribution is -0.123. The van der Waals surface area contributed by atoms with Gasteiger partial charge in [0, 0.05) is 11.3 Å². The minimum Gasteiger partial charge on any atom is -0.345 e. The molecule has 0 unspecified atom stereocenters. The number of carbonyl (C=O) groups is 3. The van der Waals surface area contributed by atoms with Crippen LogP contribution in [0.3, 0.4) is 0 Å². The molecule has 0 saturated carbocycles. The van der Waals surface area contributed by atoms with Crippen molar-refractivity contribution in [2.45, 2.75) is 0 Å². The van der Waals surface area contributed by atoms with Gasteiger partial charge in [-0.1, -0.05) is 18.2 Å². The third kappa shape index (κ3) is 5.33. The van der Waals surface area contributed by atoms with Gasteiger partial charge < -0.3 is 16.0 Å². The smallest absolute Gasteiger partial charge is 0.261 e. The first-order valence-corrected chi connectivity index (χ1v) is 11.1. The Morgan fingerprint density at radius 2 is 1.61 bits per heavy atom. The number of hydrogen-bond acceptors (Lipinski definition) is 6. The Kier molecular flexibility index (Phi) is 6.34. The van der Waals surface area contributed by atoms with Gasteiger partial charge in [0.05, 0.1) is 28.2 Å². The van der Waals surface area contributed by atoms with Crippen LogP contribution in [-0.4, -0.2) is 35.8 Å². The molecular weight excluding hydrogens is 432 g/mol. The summed E-state index contributed by atoms with van der Waals surface area (Å²) in [5, 5.41) is 10.4. The van der Waals surface area contributed by atoms with E-state index < -0.39 is 5.91 Å². The molecule has 2 heterocycles. The minimum absolute atomic E-state index is 0.187. The zero-order valence-electron chi connectivity index (χ0n) is 16.3. The molecule has 0 spiro atoms. The van der Waals surface area contributed by atoms with Crippen LogP contribution in [0.4, 0.5) is 5.69 Å². The summed E-state index contributed by atoms with van der Waals surface area (Å²) in [7, 11) is 0. The summed E-state index contributed by atoms with van der Waals surface area (Å²) >= 11 is 2.90. The molecule has 3 amide bonds. The number of fused-ring (bicyclic) bond motifs is 1. The molecule has 7 nitrogen and oxygen atoms in total. The average molecular weight is 451 g/mol. The van der Waals surface area contributed by atoms with E-state index in [9.17, 15) is 14.4 Å². The van der Waals surface area contributed by atoms with Crippen LogP contribution in [-0.2, 0) is 9.59 Å². The fourth-order valence-corrected chi connectivity index (χ4v) is 4.40. The number of nitrogens with zero attached hydrogens (tertiary/aromatic N) is 1. The number of anilines is 1. The molecule has 0 saturated heterocycles. The van der Waals surface area contributed by atoms with E-state index in [2.05, 4.69) is 20.9 Å². The van der Waals surface area contributed by atoms with Crippen LogP contribution < -0.4 is 16.0 Å². The molecule has 0 radical (unpaired) electrons. The number of aromatic nitrogens is 1. The number of nitrogens with one attached hydrogen (secondary N) is 3. The van der Waals surface area contributed by atoms with Gasteiger partial charge >= 0.3 is 0 Å². The number of rotatable bonds is 7. The van der Waals surface area contributed by atoms with E-state index in [4.69, 9.17) is 0 Å². The summed E-state index contributed by atoms with van der Waals surface area (Å²) in [4.78, 5) is 40.9. The zero-order valence-corrected chi connectivity index (χ0v) is 17.9. The number of amides is 3. The van der Waals surface area contributed by atoms with E-state index in [0.29, 0.717) is 10.6 Å². The normalized spacial score (nSPS) is 10.6. The van der Waals surface area contributed by atoms with Crippen molar-refractivity contribution in [1.82, 2.24) is 15.6 Å². The molecular formula is C22H18N4O3S2. The molecule has 156 valence electrons. The predicted octanol–water partition coefficient (Wildman–Crippen LogP) is 3.51. The van der Waals surface area contributed by atoms with Crippen molar-refractivity contribution >= 4 is 56.3 Å². The molecule has 31 heavy (non-hydrogen) atoms. The van der Waals surface area contributed by atoms with Crippen LogP contribution in [0.5, 0.6) is 0 Å². The van der Waals surface area contributed by atoms with Crippen molar-refractivity contribution in [3.05, 3.63) is 70.9 Å². The third-order valence-corrected chi connectivity index (χ3v) is 6.26. The number of hydrogen-bond donors (Lipinski definition) is 3. The lowest BCUT2D eigenvalue weighted by Crippen LogP contribution is -2.40. The van der Waals surface area contributed by atoms with Crippen molar-refractivity contribution in [3.8, 4) is 10.6 Å². The maximum absolute atomic E-state index is 12.1. The van der Waals surface area contributed by atoms with Crippen molar-refractivity contribution in [2.75, 3.05) is 18.4 Å². The number of benzene rings is 2. The van der Waals surface area contributed by atoms with Gasteiger partial charge in [-0.25, -0.2) is 4.98 Å². The highest BCUT2D eigenvalue weighted by Gasteiger charge is 2.11. The predicted molar refractivity (Wildman–Crippen MR) is 123 cm³/mol. The molecule has 2 aromatic carbocycles. The van der Waals surface area contributed by atoms with Gasteiger partial charge in [0.2, 0.25) is 11.8 Å². The Morgan fingerprint density at radius 3 is 2.35 bits per heavy atom. The first-order valence-electron chi connectivity index (χ1n) is 9.43. The number of para-hydroxylation sites is 1. The van der Waals surface area contributed by atoms with E-state index in [1.807, 2.05) is 36.4 Å². The van der Waals surface area contributed by atoms with E-state index in [1.54, 1.807) is 41.0 Å². The maximum Gasteiger partial charge on any atom is 0.261 e. The first kappa shape index (κ1) is 20.7. The summed E-state index contributed by atoms with van der Waals surface area (Å²) in [6.45, 7) is -0.381. The summed E-state index contributed by atoms with van der Waals surface area (Å²) in [5.74, 6) is -1.11. The Labute approximate surface area is 186 Å². The van der Waals surface area contributed by atoms with E-state index in [0.717, 1.165) is 20.8 Å². The first-order chi connectivity index (χ1) is 15.1. The Balaban J connectivity index is 1.25. The van der Waals surface area contributed by atoms with Crippen LogP contribution in [0.15, 0.2) is 66.0 Å². The van der Waals surface area contributed by atoms with Gasteiger partial charge in [-0.2, -0.15) is 0 Å². The molecule has 9 heteroatoms. The van der Waals surface area contributed by atoms with Crippen molar-refractivity contribution in [1.29, 1.82) is 0 Å². The highest BCUT2D eigenvalue weighted by Crippen LogP contribution is 2.30. The molecule has 0 atom stereocenters. The lowest BCUT2D eigenvalue weighted by atomic mass is 10.2. The number of thiophene rings is 1. The van der Waals surface area contributed by atoms with E-state index in [1.165, 1.54) is 11.3 Å². The summed E-state index contributed by atoms with van der Waals surface area (Å²) in [5.41, 5.74) is 2.55. The largest absolute Gasteiger partial charge is 0.345 e. The standard InChI is InChI=1S/C22H18N4O3S2/c27-19(12-24-21(29)18-6-3-11-30-18)23-13-20(28)25-15-9-7-14(8-10-15)22-26-16-4-1-2-5-17(16)31-22/h1-11H,12-13H2,(H,23,27)(H,24,29)(H,25,28). The monoisotopic (exact) mass is 450 g/mol. The van der Waals surface area contributed by atoms with Crippen LogP contribution in [0.25, 0.3) is 20.8 Å². The topological polar surface area (TPSA) is 100 Å². The third-order valence-electron chi connectivity index (χ3n) is 4.31. The molecule has 0 aliphatic rings. The van der Waals surface area contributed by atoms with Crippen molar-refractivity contribution < 1.29 is 14.4 Å². The van der Waals surface area contributed by atoms with Crippen LogP contribution in [0.1, 0.15) is 9.67 Å². The highest BCUT2D eigenvalue weighted by molar-refractivity contribution is 7.21. The molecule has 4 rings (SSSR count). The van der Waals surface area contributed by atoms with Gasteiger partial charge in [0.15, 0.2) is 0 Å². The molecule has 0 bridgehead atoms. The fraction of sp³-hybridized carbons (Fsp3) is 0.0909. The number of carbonyl (C=O) groups excluding carboxylic acids is 3. The molecule has 3 N–H and O–H groups in total. The van der Waals surface area contributed by atoms with Gasteiger partial charge in [-0.15, -0.1) is 22.7 Å². The van der Waals surface area contributed by atoms with Crippen LogP contribution in [0.2, 0.25) is 0 Å².